The minimum absolute atomic E-state index is 0.627. The molecule has 0 radical (unpaired) electrons. The molecule has 2 heterocycles. The average Bonchev–Trinajstić information content (AvgIpc) is 3.58. The van der Waals surface area contributed by atoms with E-state index >= 15 is 0 Å². The van der Waals surface area contributed by atoms with Crippen molar-refractivity contribution in [1.29, 1.82) is 5.26 Å². The molecule has 186 valence electrons. The average molecular weight is 512 g/mol. The number of nitrogens with zero attached hydrogens (tertiary/aromatic N) is 1. The normalized spacial score (nSPS) is 11.5. The number of benzene rings is 6. The molecule has 6 aromatic carbocycles. The molecule has 0 spiro atoms. The van der Waals surface area contributed by atoms with Gasteiger partial charge in [-0.05, 0) is 81.9 Å². The fourth-order valence-corrected chi connectivity index (χ4v) is 5.88. The maximum absolute atomic E-state index is 9.69. The summed E-state index contributed by atoms with van der Waals surface area (Å²) >= 11 is 0. The van der Waals surface area contributed by atoms with Crippen molar-refractivity contribution in [2.75, 3.05) is 0 Å². The minimum atomic E-state index is 0.627. The molecule has 8 rings (SSSR count). The SMILES string of the molecule is N#Cc1cccc(-c2c(-c3ccc4c(c3)oc3ccccc34)cccc2-c2ccc3oc4ccccc4c3c2)c1. The fraction of sp³-hybridized carbons (Fsp3) is 0. The van der Waals surface area contributed by atoms with Crippen LogP contribution in [0.5, 0.6) is 0 Å². The van der Waals surface area contributed by atoms with Gasteiger partial charge in [0.25, 0.3) is 0 Å². The summed E-state index contributed by atoms with van der Waals surface area (Å²) in [7, 11) is 0. The first kappa shape index (κ1) is 22.4. The van der Waals surface area contributed by atoms with Gasteiger partial charge in [0, 0.05) is 21.5 Å². The molecule has 2 aromatic heterocycles. The van der Waals surface area contributed by atoms with Gasteiger partial charge in [-0.1, -0.05) is 78.9 Å². The zero-order valence-electron chi connectivity index (χ0n) is 21.4. The van der Waals surface area contributed by atoms with Gasteiger partial charge >= 0.3 is 0 Å². The lowest BCUT2D eigenvalue weighted by Gasteiger charge is -2.17. The number of nitriles is 1. The summed E-state index contributed by atoms with van der Waals surface area (Å²) in [5, 5.41) is 14.1. The topological polar surface area (TPSA) is 50.1 Å². The van der Waals surface area contributed by atoms with Gasteiger partial charge in [-0.2, -0.15) is 5.26 Å². The number of para-hydroxylation sites is 2. The van der Waals surface area contributed by atoms with Gasteiger partial charge in [-0.15, -0.1) is 0 Å². The van der Waals surface area contributed by atoms with E-state index in [1.54, 1.807) is 0 Å². The van der Waals surface area contributed by atoms with Gasteiger partial charge in [0.2, 0.25) is 0 Å². The van der Waals surface area contributed by atoms with Crippen LogP contribution in [0.25, 0.3) is 77.3 Å². The highest BCUT2D eigenvalue weighted by Gasteiger charge is 2.17. The number of hydrogen-bond acceptors (Lipinski definition) is 3. The fourth-order valence-electron chi connectivity index (χ4n) is 5.88. The van der Waals surface area contributed by atoms with Crippen LogP contribution >= 0.6 is 0 Å². The van der Waals surface area contributed by atoms with Crippen molar-refractivity contribution >= 4 is 43.9 Å². The summed E-state index contributed by atoms with van der Waals surface area (Å²) in [6.07, 6.45) is 0. The smallest absolute Gasteiger partial charge is 0.136 e. The second-order valence-corrected chi connectivity index (χ2v) is 10.0. The molecule has 0 amide bonds. The standard InChI is InChI=1S/C37H21NO2/c38-22-23-7-5-8-26(19-23)37-27(24-16-18-35-32(20-24)30-10-2-4-14-34(30)39-35)11-6-12-28(37)25-15-17-31-29-9-1-3-13-33(29)40-36(31)21-25/h1-21H. The molecule has 40 heavy (non-hydrogen) atoms. The van der Waals surface area contributed by atoms with Crippen LogP contribution < -0.4 is 0 Å². The molecule has 0 aliphatic carbocycles. The van der Waals surface area contributed by atoms with E-state index in [2.05, 4.69) is 72.8 Å². The van der Waals surface area contributed by atoms with Crippen LogP contribution in [0, 0.1) is 11.3 Å². The first-order chi connectivity index (χ1) is 19.8. The molecule has 0 N–H and O–H groups in total. The highest BCUT2D eigenvalue weighted by atomic mass is 16.3. The van der Waals surface area contributed by atoms with Crippen molar-refractivity contribution in [2.45, 2.75) is 0 Å². The summed E-state index contributed by atoms with van der Waals surface area (Å²) in [5.41, 5.74) is 10.5. The third kappa shape index (κ3) is 3.44. The van der Waals surface area contributed by atoms with Gasteiger partial charge < -0.3 is 8.83 Å². The monoisotopic (exact) mass is 511 g/mol. The summed E-state index contributed by atoms with van der Waals surface area (Å²) in [4.78, 5) is 0. The van der Waals surface area contributed by atoms with Crippen LogP contribution in [-0.2, 0) is 0 Å². The van der Waals surface area contributed by atoms with Gasteiger partial charge in [-0.25, -0.2) is 0 Å². The summed E-state index contributed by atoms with van der Waals surface area (Å²) in [6, 6.07) is 45.6. The van der Waals surface area contributed by atoms with Crippen LogP contribution in [-0.4, -0.2) is 0 Å². The second kappa shape index (κ2) is 8.73. The van der Waals surface area contributed by atoms with E-state index in [1.807, 2.05) is 60.7 Å². The number of hydrogen-bond donors (Lipinski definition) is 0. The van der Waals surface area contributed by atoms with E-state index < -0.39 is 0 Å². The van der Waals surface area contributed by atoms with Gasteiger partial charge in [0.05, 0.1) is 11.6 Å². The number of rotatable bonds is 3. The summed E-state index contributed by atoms with van der Waals surface area (Å²) in [6.45, 7) is 0. The first-order valence-electron chi connectivity index (χ1n) is 13.2. The molecule has 0 atom stereocenters. The highest BCUT2D eigenvalue weighted by Crippen LogP contribution is 2.43. The quantitative estimate of drug-likeness (QED) is 0.237. The Morgan fingerprint density at radius 3 is 1.80 bits per heavy atom. The van der Waals surface area contributed by atoms with Crippen molar-refractivity contribution in [3.63, 3.8) is 0 Å². The molecule has 0 aliphatic rings. The van der Waals surface area contributed by atoms with E-state index in [0.717, 1.165) is 77.3 Å². The van der Waals surface area contributed by atoms with Gasteiger partial charge in [0.1, 0.15) is 22.3 Å². The molecule has 8 aromatic rings. The van der Waals surface area contributed by atoms with Gasteiger partial charge in [-0.3, -0.25) is 0 Å². The molecule has 3 heteroatoms. The van der Waals surface area contributed by atoms with Crippen molar-refractivity contribution in [1.82, 2.24) is 0 Å². The molecular formula is C37H21NO2. The molecular weight excluding hydrogens is 490 g/mol. The van der Waals surface area contributed by atoms with Crippen molar-refractivity contribution in [3.8, 4) is 39.4 Å². The first-order valence-corrected chi connectivity index (χ1v) is 13.2. The van der Waals surface area contributed by atoms with Crippen molar-refractivity contribution in [2.24, 2.45) is 0 Å². The van der Waals surface area contributed by atoms with Crippen LogP contribution in [0.4, 0.5) is 0 Å². The molecule has 0 aliphatic heterocycles. The van der Waals surface area contributed by atoms with Crippen LogP contribution in [0.15, 0.2) is 136 Å². The van der Waals surface area contributed by atoms with Crippen LogP contribution in [0.2, 0.25) is 0 Å². The van der Waals surface area contributed by atoms with Crippen molar-refractivity contribution in [3.05, 3.63) is 133 Å². The number of fused-ring (bicyclic) bond motifs is 6. The van der Waals surface area contributed by atoms with E-state index in [4.69, 9.17) is 8.83 Å². The van der Waals surface area contributed by atoms with Gasteiger partial charge in [0.15, 0.2) is 0 Å². The van der Waals surface area contributed by atoms with Crippen LogP contribution in [0.1, 0.15) is 5.56 Å². The lowest BCUT2D eigenvalue weighted by molar-refractivity contribution is 0.668. The predicted octanol–water partition coefficient (Wildman–Crippen LogP) is 10.4. The molecule has 0 fully saturated rings. The third-order valence-electron chi connectivity index (χ3n) is 7.72. The largest absolute Gasteiger partial charge is 0.456 e. The Bertz CT molecular complexity index is 2290. The zero-order valence-corrected chi connectivity index (χ0v) is 21.4. The summed E-state index contributed by atoms with van der Waals surface area (Å²) in [5.74, 6) is 0. The maximum Gasteiger partial charge on any atom is 0.136 e. The zero-order chi connectivity index (χ0) is 26.6. The van der Waals surface area contributed by atoms with Crippen LogP contribution in [0.3, 0.4) is 0 Å². The summed E-state index contributed by atoms with van der Waals surface area (Å²) < 4.78 is 12.3. The molecule has 3 nitrogen and oxygen atoms in total. The lowest BCUT2D eigenvalue weighted by Crippen LogP contribution is -1.91. The lowest BCUT2D eigenvalue weighted by atomic mass is 9.86. The Morgan fingerprint density at radius 1 is 0.425 bits per heavy atom. The van der Waals surface area contributed by atoms with E-state index in [1.165, 1.54) is 0 Å². The second-order valence-electron chi connectivity index (χ2n) is 10.0. The Labute approximate surface area is 230 Å². The van der Waals surface area contributed by atoms with E-state index in [9.17, 15) is 5.26 Å². The minimum Gasteiger partial charge on any atom is -0.456 e. The highest BCUT2D eigenvalue weighted by molar-refractivity contribution is 6.08. The predicted molar refractivity (Wildman–Crippen MR) is 162 cm³/mol. The maximum atomic E-state index is 9.69. The molecule has 0 unspecified atom stereocenters. The van der Waals surface area contributed by atoms with Crippen molar-refractivity contribution < 1.29 is 8.83 Å². The Kier molecular flexibility index (Phi) is 4.89. The third-order valence-corrected chi connectivity index (χ3v) is 7.72. The number of furan rings is 2. The molecule has 0 bridgehead atoms. The molecule has 0 saturated carbocycles. The Hall–Kier alpha value is -5.59. The molecule has 0 saturated heterocycles. The van der Waals surface area contributed by atoms with E-state index in [0.29, 0.717) is 5.56 Å². The Balaban J connectivity index is 1.40. The Morgan fingerprint density at radius 2 is 1.02 bits per heavy atom. The van der Waals surface area contributed by atoms with E-state index in [-0.39, 0.29) is 0 Å².